The number of hydrogen-bond donors (Lipinski definition) is 4. The second-order valence-corrected chi connectivity index (χ2v) is 14.2. The van der Waals surface area contributed by atoms with Crippen molar-refractivity contribution >= 4 is 41.2 Å². The van der Waals surface area contributed by atoms with Crippen molar-refractivity contribution in [3.05, 3.63) is 95.1 Å². The minimum Gasteiger partial charge on any atom is -0.508 e. The first-order valence-electron chi connectivity index (χ1n) is 14.3. The van der Waals surface area contributed by atoms with Gasteiger partial charge in [0.15, 0.2) is 6.10 Å². The van der Waals surface area contributed by atoms with Gasteiger partial charge in [0.25, 0.3) is 11.8 Å². The summed E-state index contributed by atoms with van der Waals surface area (Å²) >= 11 is 3.25. The van der Waals surface area contributed by atoms with E-state index < -0.39 is 34.7 Å². The largest absolute Gasteiger partial charge is 0.508 e. The molecule has 2 aliphatic rings. The van der Waals surface area contributed by atoms with Crippen molar-refractivity contribution in [1.29, 1.82) is 0 Å². The number of phenols is 1. The fourth-order valence-electron chi connectivity index (χ4n) is 5.72. The number of carbonyl (C=O) groups excluding carboxylic acids is 3. The number of aliphatic hydroxyl groups excluding tert-OH is 1. The highest BCUT2D eigenvalue weighted by molar-refractivity contribution is 8.01. The Morgan fingerprint density at radius 1 is 1.02 bits per heavy atom. The Morgan fingerprint density at radius 2 is 1.74 bits per heavy atom. The lowest BCUT2D eigenvalue weighted by atomic mass is 9.96. The normalized spacial score (nSPS) is 20.5. The Hall–Kier alpha value is -3.47. The molecule has 3 aromatic rings. The second kappa shape index (κ2) is 13.0. The number of rotatable bonds is 8. The number of phenolic OH excluding ortho intramolecular Hbond substituents is 1. The van der Waals surface area contributed by atoms with Gasteiger partial charge in [-0.3, -0.25) is 14.4 Å². The Morgan fingerprint density at radius 3 is 2.51 bits per heavy atom. The molecule has 8 nitrogen and oxygen atoms in total. The van der Waals surface area contributed by atoms with Crippen LogP contribution in [-0.4, -0.2) is 67.4 Å². The van der Waals surface area contributed by atoms with E-state index in [1.165, 1.54) is 22.7 Å². The maximum Gasteiger partial charge on any atom is 0.254 e. The zero-order chi connectivity index (χ0) is 30.7. The van der Waals surface area contributed by atoms with Crippen LogP contribution >= 0.6 is 23.5 Å². The maximum atomic E-state index is 14.0. The molecule has 4 N–H and O–H groups in total. The van der Waals surface area contributed by atoms with Crippen LogP contribution in [0.3, 0.4) is 0 Å². The Bertz CT molecular complexity index is 1500. The molecule has 1 saturated heterocycles. The van der Waals surface area contributed by atoms with E-state index in [0.29, 0.717) is 5.56 Å². The molecule has 4 atom stereocenters. The smallest absolute Gasteiger partial charge is 0.254 e. The number of aliphatic hydroxyl groups is 1. The first kappa shape index (κ1) is 31.0. The molecule has 2 aliphatic heterocycles. The molecule has 0 aliphatic carbocycles. The molecular formula is C33H37N3O5S2. The van der Waals surface area contributed by atoms with Crippen LogP contribution in [0.25, 0.3) is 0 Å². The predicted octanol–water partition coefficient (Wildman–Crippen LogP) is 4.44. The number of benzene rings is 3. The number of nitrogens with one attached hydrogen (secondary N) is 2. The summed E-state index contributed by atoms with van der Waals surface area (Å²) in [5, 5.41) is 27.7. The van der Waals surface area contributed by atoms with Gasteiger partial charge in [-0.2, -0.15) is 0 Å². The molecule has 0 spiro atoms. The van der Waals surface area contributed by atoms with E-state index in [1.807, 2.05) is 62.4 Å². The van der Waals surface area contributed by atoms with Crippen molar-refractivity contribution in [3.8, 4) is 5.75 Å². The van der Waals surface area contributed by atoms with Crippen LogP contribution in [-0.2, 0) is 16.0 Å². The van der Waals surface area contributed by atoms with Gasteiger partial charge in [-0.1, -0.05) is 54.6 Å². The summed E-state index contributed by atoms with van der Waals surface area (Å²) in [6.45, 7) is 5.49. The molecule has 0 saturated carbocycles. The number of fused-ring (bicyclic) bond motifs is 1. The van der Waals surface area contributed by atoms with Crippen molar-refractivity contribution in [3.63, 3.8) is 0 Å². The minimum atomic E-state index is -1.61. The Balaban J connectivity index is 1.38. The Kier molecular flexibility index (Phi) is 9.39. The summed E-state index contributed by atoms with van der Waals surface area (Å²) in [7, 11) is 0. The molecule has 0 aromatic heterocycles. The lowest BCUT2D eigenvalue weighted by Gasteiger charge is -2.35. The lowest BCUT2D eigenvalue weighted by molar-refractivity contribution is -0.147. The molecule has 0 unspecified atom stereocenters. The van der Waals surface area contributed by atoms with Crippen molar-refractivity contribution in [2.24, 2.45) is 0 Å². The Labute approximate surface area is 260 Å². The third-order valence-electron chi connectivity index (χ3n) is 8.15. The molecule has 3 amide bonds. The fourth-order valence-corrected chi connectivity index (χ4v) is 7.99. The molecule has 0 bridgehead atoms. The van der Waals surface area contributed by atoms with E-state index in [9.17, 15) is 24.6 Å². The number of aromatic hydroxyl groups is 1. The maximum absolute atomic E-state index is 14.0. The van der Waals surface area contributed by atoms with E-state index in [0.717, 1.165) is 28.2 Å². The number of thioether (sulfide) groups is 2. The monoisotopic (exact) mass is 619 g/mol. The van der Waals surface area contributed by atoms with Gasteiger partial charge in [-0.05, 0) is 62.9 Å². The number of hydrogen-bond acceptors (Lipinski definition) is 7. The van der Waals surface area contributed by atoms with Crippen molar-refractivity contribution < 1.29 is 24.6 Å². The van der Waals surface area contributed by atoms with Crippen LogP contribution in [0.2, 0.25) is 0 Å². The van der Waals surface area contributed by atoms with Gasteiger partial charge in [-0.15, -0.1) is 23.5 Å². The average Bonchev–Trinajstić information content (AvgIpc) is 3.32. The van der Waals surface area contributed by atoms with Gasteiger partial charge in [0.1, 0.15) is 11.8 Å². The van der Waals surface area contributed by atoms with Gasteiger partial charge in [0.05, 0.1) is 18.0 Å². The van der Waals surface area contributed by atoms with Crippen molar-refractivity contribution in [2.75, 3.05) is 11.6 Å². The molecule has 2 heterocycles. The van der Waals surface area contributed by atoms with Crippen LogP contribution in [0.1, 0.15) is 53.4 Å². The molecule has 43 heavy (non-hydrogen) atoms. The molecule has 10 heteroatoms. The second-order valence-electron chi connectivity index (χ2n) is 11.5. The summed E-state index contributed by atoms with van der Waals surface area (Å²) in [4.78, 5) is 43.8. The zero-order valence-corrected chi connectivity index (χ0v) is 26.1. The van der Waals surface area contributed by atoms with Gasteiger partial charge in [-0.25, -0.2) is 0 Å². The molecule has 5 rings (SSSR count). The summed E-state index contributed by atoms with van der Waals surface area (Å²) in [6, 6.07) is 20.0. The first-order chi connectivity index (χ1) is 20.6. The third kappa shape index (κ3) is 6.71. The van der Waals surface area contributed by atoms with Gasteiger partial charge >= 0.3 is 0 Å². The van der Waals surface area contributed by atoms with E-state index in [-0.39, 0.29) is 35.6 Å². The first-order valence-corrected chi connectivity index (χ1v) is 16.3. The van der Waals surface area contributed by atoms with Crippen molar-refractivity contribution in [1.82, 2.24) is 15.5 Å². The summed E-state index contributed by atoms with van der Waals surface area (Å²) < 4.78 is -0.598. The summed E-state index contributed by atoms with van der Waals surface area (Å²) in [6.07, 6.45) is -0.641. The van der Waals surface area contributed by atoms with Gasteiger partial charge in [0.2, 0.25) is 5.91 Å². The van der Waals surface area contributed by atoms with E-state index >= 15 is 0 Å². The van der Waals surface area contributed by atoms with E-state index in [2.05, 4.69) is 16.7 Å². The molecular weight excluding hydrogens is 583 g/mol. The van der Waals surface area contributed by atoms with Gasteiger partial charge < -0.3 is 25.7 Å². The van der Waals surface area contributed by atoms with E-state index in [4.69, 9.17) is 0 Å². The van der Waals surface area contributed by atoms with Crippen LogP contribution in [0, 0.1) is 6.92 Å². The molecule has 0 radical (unpaired) electrons. The van der Waals surface area contributed by atoms with Crippen molar-refractivity contribution in [2.45, 2.75) is 67.5 Å². The highest BCUT2D eigenvalue weighted by Crippen LogP contribution is 2.41. The van der Waals surface area contributed by atoms with Gasteiger partial charge in [0, 0.05) is 26.5 Å². The summed E-state index contributed by atoms with van der Waals surface area (Å²) in [5.41, 5.74) is 2.54. The molecule has 226 valence electrons. The van der Waals surface area contributed by atoms with E-state index in [1.54, 1.807) is 30.8 Å². The highest BCUT2D eigenvalue weighted by Gasteiger charge is 2.50. The predicted molar refractivity (Wildman–Crippen MR) is 170 cm³/mol. The van der Waals surface area contributed by atoms with Crippen LogP contribution in [0.15, 0.2) is 77.7 Å². The SMILES string of the molecule is Cc1c(O)cccc1C(=O)N[C@@H](Cc1ccccc1)[C@H](O)C(=O)N1CSC(C)(C)[C@H]1C(=O)N[C@@H]1CCSc2ccccc21. The quantitative estimate of drug-likeness (QED) is 0.295. The third-order valence-corrected chi connectivity index (χ3v) is 10.6. The molecule has 3 aromatic carbocycles. The topological polar surface area (TPSA) is 119 Å². The molecule has 1 fully saturated rings. The van der Waals surface area contributed by atoms with Crippen LogP contribution in [0.4, 0.5) is 0 Å². The standard InChI is InChI=1S/C33H37N3O5S2/c1-20-22(13-9-14-26(20)37)30(39)35-25(18-21-10-5-4-6-11-21)28(38)32(41)36-19-43-33(2,3)29(36)31(40)34-24-16-17-42-27-15-8-7-12-23(24)27/h4-15,24-25,28-29,37-38H,16-19H2,1-3H3,(H,34,40)(H,35,39)/t24-,25+,28+,29-/m1/s1. The number of nitrogens with zero attached hydrogens (tertiary/aromatic N) is 1. The zero-order valence-electron chi connectivity index (χ0n) is 24.4. The minimum absolute atomic E-state index is 0.0201. The fraction of sp³-hybridized carbons (Fsp3) is 0.364. The number of carbonyl (C=O) groups is 3. The van der Waals surface area contributed by atoms with Crippen LogP contribution in [0.5, 0.6) is 5.75 Å². The summed E-state index contributed by atoms with van der Waals surface area (Å²) in [5.74, 6) is -0.303. The average molecular weight is 620 g/mol. The highest BCUT2D eigenvalue weighted by atomic mass is 32.2. The number of amides is 3. The lowest BCUT2D eigenvalue weighted by Crippen LogP contribution is -2.59. The van der Waals surface area contributed by atoms with Crippen LogP contribution < -0.4 is 10.6 Å².